The third-order valence-electron chi connectivity index (χ3n) is 6.37. The van der Waals surface area contributed by atoms with Crippen molar-refractivity contribution in [3.8, 4) is 0 Å². The second-order valence-corrected chi connectivity index (χ2v) is 9.71. The first-order valence-electron chi connectivity index (χ1n) is 10.2. The van der Waals surface area contributed by atoms with Gasteiger partial charge in [0.1, 0.15) is 12.1 Å². The number of imide groups is 1. The molecule has 2 atom stereocenters. The van der Waals surface area contributed by atoms with Gasteiger partial charge in [-0.2, -0.15) is 0 Å². The topological polar surface area (TPSA) is 116 Å². The minimum absolute atomic E-state index is 0.0539. The van der Waals surface area contributed by atoms with Crippen molar-refractivity contribution in [2.24, 2.45) is 17.3 Å². The number of carboxylic acids is 1. The van der Waals surface area contributed by atoms with E-state index in [1.165, 1.54) is 0 Å². The Morgan fingerprint density at radius 2 is 1.82 bits per heavy atom. The molecule has 0 radical (unpaired) electrons. The molecule has 3 fully saturated rings. The van der Waals surface area contributed by atoms with E-state index >= 15 is 0 Å². The van der Waals surface area contributed by atoms with Crippen molar-refractivity contribution in [2.45, 2.75) is 77.3 Å². The van der Waals surface area contributed by atoms with E-state index in [2.05, 4.69) is 31.4 Å². The summed E-state index contributed by atoms with van der Waals surface area (Å²) in [5, 5.41) is 14.8. The molecule has 0 bridgehead atoms. The van der Waals surface area contributed by atoms with Crippen LogP contribution >= 0.6 is 0 Å². The van der Waals surface area contributed by atoms with E-state index in [1.54, 1.807) is 0 Å². The predicted octanol–water partition coefficient (Wildman–Crippen LogP) is 1.88. The Hall–Kier alpha value is -2.12. The molecule has 0 aromatic rings. The van der Waals surface area contributed by atoms with Gasteiger partial charge < -0.3 is 15.7 Å². The average molecular weight is 393 g/mol. The van der Waals surface area contributed by atoms with Crippen LogP contribution in [0.25, 0.3) is 0 Å². The Balaban J connectivity index is 1.59. The lowest BCUT2D eigenvalue weighted by atomic mass is 9.64. The summed E-state index contributed by atoms with van der Waals surface area (Å²) in [7, 11) is 0. The average Bonchev–Trinajstić information content (AvgIpc) is 2.77. The van der Waals surface area contributed by atoms with Crippen molar-refractivity contribution in [2.75, 3.05) is 6.54 Å². The molecule has 0 aromatic heterocycles. The van der Waals surface area contributed by atoms with Crippen LogP contribution in [0, 0.1) is 17.3 Å². The first-order valence-corrected chi connectivity index (χ1v) is 10.2. The molecule has 8 heteroatoms. The molecule has 1 heterocycles. The third-order valence-corrected chi connectivity index (χ3v) is 6.37. The fourth-order valence-electron chi connectivity index (χ4n) is 5.55. The van der Waals surface area contributed by atoms with Gasteiger partial charge in [-0.15, -0.1) is 0 Å². The second kappa shape index (κ2) is 7.37. The minimum atomic E-state index is -0.905. The largest absolute Gasteiger partial charge is 0.481 e. The van der Waals surface area contributed by atoms with Crippen LogP contribution in [0.3, 0.4) is 0 Å². The monoisotopic (exact) mass is 393 g/mol. The van der Waals surface area contributed by atoms with Crippen LogP contribution in [0.1, 0.15) is 65.7 Å². The van der Waals surface area contributed by atoms with Gasteiger partial charge in [-0.3, -0.25) is 19.3 Å². The fraction of sp³-hybridized carbons (Fsp3) is 0.800. The summed E-state index contributed by atoms with van der Waals surface area (Å²) in [4.78, 5) is 50.0. The van der Waals surface area contributed by atoms with E-state index in [0.717, 1.165) is 11.3 Å². The highest BCUT2D eigenvalue weighted by atomic mass is 16.4. The number of carbonyl (C=O) groups is 4. The first-order chi connectivity index (χ1) is 13.0. The number of nitrogens with one attached hydrogen (secondary N) is 2. The van der Waals surface area contributed by atoms with E-state index in [1.807, 2.05) is 0 Å². The van der Waals surface area contributed by atoms with Gasteiger partial charge >= 0.3 is 12.0 Å². The molecule has 2 aliphatic carbocycles. The molecule has 2 unspecified atom stereocenters. The fourth-order valence-corrected chi connectivity index (χ4v) is 5.55. The van der Waals surface area contributed by atoms with Gasteiger partial charge in [-0.25, -0.2) is 4.79 Å². The Bertz CT molecular complexity index is 683. The van der Waals surface area contributed by atoms with Gasteiger partial charge in [0.05, 0.1) is 5.92 Å². The summed E-state index contributed by atoms with van der Waals surface area (Å²) < 4.78 is 0. The van der Waals surface area contributed by atoms with Crippen LogP contribution < -0.4 is 10.6 Å². The van der Waals surface area contributed by atoms with Gasteiger partial charge in [0.2, 0.25) is 5.91 Å². The van der Waals surface area contributed by atoms with E-state index < -0.39 is 17.5 Å². The lowest BCUT2D eigenvalue weighted by molar-refractivity contribution is -0.143. The molecule has 8 nitrogen and oxygen atoms in total. The molecular formula is C20H31N3O5. The van der Waals surface area contributed by atoms with Gasteiger partial charge in [-0.1, -0.05) is 20.8 Å². The van der Waals surface area contributed by atoms with Crippen molar-refractivity contribution in [3.05, 3.63) is 0 Å². The van der Waals surface area contributed by atoms with Gasteiger partial charge in [0, 0.05) is 6.04 Å². The number of carbonyl (C=O) groups excluding carboxylic acids is 3. The van der Waals surface area contributed by atoms with Crippen molar-refractivity contribution < 1.29 is 24.3 Å². The molecule has 3 rings (SSSR count). The van der Waals surface area contributed by atoms with Gasteiger partial charge in [0.25, 0.3) is 5.91 Å². The van der Waals surface area contributed by atoms with Crippen LogP contribution in [-0.2, 0) is 14.4 Å². The summed E-state index contributed by atoms with van der Waals surface area (Å²) in [5.41, 5.74) is -0.959. The normalized spacial score (nSPS) is 35.0. The van der Waals surface area contributed by atoms with E-state index in [0.29, 0.717) is 44.4 Å². The molecule has 0 aromatic carbocycles. The molecule has 3 aliphatic rings. The number of aliphatic carboxylic acids is 1. The van der Waals surface area contributed by atoms with Gasteiger partial charge in [0.15, 0.2) is 0 Å². The van der Waals surface area contributed by atoms with Crippen LogP contribution in [0.5, 0.6) is 0 Å². The van der Waals surface area contributed by atoms with E-state index in [4.69, 9.17) is 5.11 Å². The summed E-state index contributed by atoms with van der Waals surface area (Å²) in [6, 6.07) is -0.605. The second-order valence-electron chi connectivity index (χ2n) is 9.71. The van der Waals surface area contributed by atoms with E-state index in [-0.39, 0.29) is 35.7 Å². The minimum Gasteiger partial charge on any atom is -0.481 e. The Kier molecular flexibility index (Phi) is 5.42. The van der Waals surface area contributed by atoms with Crippen LogP contribution in [-0.4, -0.2) is 51.9 Å². The highest BCUT2D eigenvalue weighted by molar-refractivity contribution is 6.09. The molecule has 4 amide bonds. The molecular weight excluding hydrogens is 362 g/mol. The predicted molar refractivity (Wildman–Crippen MR) is 101 cm³/mol. The zero-order valence-corrected chi connectivity index (χ0v) is 16.9. The molecule has 3 N–H and O–H groups in total. The summed E-state index contributed by atoms with van der Waals surface area (Å²) >= 11 is 0. The van der Waals surface area contributed by atoms with Crippen molar-refractivity contribution in [1.29, 1.82) is 0 Å². The number of nitrogens with zero attached hydrogens (tertiary/aromatic N) is 1. The van der Waals surface area contributed by atoms with Crippen molar-refractivity contribution in [1.82, 2.24) is 15.5 Å². The number of rotatable bonds is 4. The maximum absolute atomic E-state index is 13.1. The summed E-state index contributed by atoms with van der Waals surface area (Å²) in [6.07, 6.45) is 4.41. The highest BCUT2D eigenvalue weighted by Crippen LogP contribution is 2.46. The number of urea groups is 1. The van der Waals surface area contributed by atoms with Crippen LogP contribution in [0.4, 0.5) is 4.79 Å². The van der Waals surface area contributed by atoms with Crippen molar-refractivity contribution in [3.63, 3.8) is 0 Å². The molecule has 156 valence electrons. The molecule has 2 saturated carbocycles. The summed E-state index contributed by atoms with van der Waals surface area (Å²) in [5.74, 6) is -1.51. The zero-order chi connectivity index (χ0) is 20.7. The SMILES string of the molecule is CC1CC(C)(C)CC2(C1)NC(=O)N(CC(=O)NC1CCC(C(=O)O)CC1)C2=O. The maximum Gasteiger partial charge on any atom is 0.325 e. The maximum atomic E-state index is 13.1. The Labute approximate surface area is 165 Å². The quantitative estimate of drug-likeness (QED) is 0.631. The smallest absolute Gasteiger partial charge is 0.325 e. The van der Waals surface area contributed by atoms with Crippen LogP contribution in [0.15, 0.2) is 0 Å². The zero-order valence-electron chi connectivity index (χ0n) is 16.9. The Morgan fingerprint density at radius 3 is 2.39 bits per heavy atom. The lowest BCUT2D eigenvalue weighted by Crippen LogP contribution is -2.54. The Morgan fingerprint density at radius 1 is 1.18 bits per heavy atom. The highest BCUT2D eigenvalue weighted by Gasteiger charge is 2.56. The molecule has 1 spiro atoms. The lowest BCUT2D eigenvalue weighted by Gasteiger charge is -2.43. The third kappa shape index (κ3) is 4.15. The standard InChI is InChI=1S/C20H31N3O5/c1-12-8-19(2,3)11-20(9-12)17(27)23(18(28)22-20)10-15(24)21-14-6-4-13(5-7-14)16(25)26/h12-14H,4-11H2,1-3H3,(H,21,24)(H,22,28)(H,25,26). The first kappa shape index (κ1) is 20.6. The number of hydrogen-bond donors (Lipinski definition) is 3. The van der Waals surface area contributed by atoms with Crippen LogP contribution in [0.2, 0.25) is 0 Å². The van der Waals surface area contributed by atoms with Gasteiger partial charge in [-0.05, 0) is 56.3 Å². The number of amides is 4. The van der Waals surface area contributed by atoms with Crippen molar-refractivity contribution >= 4 is 23.8 Å². The molecule has 1 aliphatic heterocycles. The van der Waals surface area contributed by atoms with E-state index in [9.17, 15) is 19.2 Å². The molecule has 1 saturated heterocycles. The number of hydrogen-bond acceptors (Lipinski definition) is 4. The summed E-state index contributed by atoms with van der Waals surface area (Å²) in [6.45, 7) is 6.00. The number of carboxylic acid groups (broad SMARTS) is 1. The molecule has 28 heavy (non-hydrogen) atoms.